The van der Waals surface area contributed by atoms with E-state index >= 15 is 0 Å². The Hall–Kier alpha value is -1.58. The summed E-state index contributed by atoms with van der Waals surface area (Å²) in [6.07, 6.45) is 0. The SMILES string of the molecule is C=c1c(=C)n(C)c(=O)n(C)c1=O. The average Bonchev–Trinajstić information content (AvgIpc) is 2.08. The van der Waals surface area contributed by atoms with Gasteiger partial charge in [0.25, 0.3) is 5.56 Å². The lowest BCUT2D eigenvalue weighted by molar-refractivity contribution is 0.661. The van der Waals surface area contributed by atoms with Crippen molar-refractivity contribution >= 4 is 13.2 Å². The third-order valence-corrected chi connectivity index (χ3v) is 1.89. The molecule has 0 aliphatic heterocycles. The Morgan fingerprint density at radius 1 is 1.08 bits per heavy atom. The largest absolute Gasteiger partial charge is 0.330 e. The summed E-state index contributed by atoms with van der Waals surface area (Å²) in [5, 5.41) is 0.628. The number of hydrogen-bond acceptors (Lipinski definition) is 2. The van der Waals surface area contributed by atoms with Crippen LogP contribution in [0.3, 0.4) is 0 Å². The first-order valence-corrected chi connectivity index (χ1v) is 3.40. The summed E-state index contributed by atoms with van der Waals surface area (Å²) in [6.45, 7) is 7.10. The molecule has 64 valence electrons. The Morgan fingerprint density at radius 2 is 1.58 bits per heavy atom. The topological polar surface area (TPSA) is 44.0 Å². The second-order valence-corrected chi connectivity index (χ2v) is 2.63. The van der Waals surface area contributed by atoms with Crippen LogP contribution in [0.5, 0.6) is 0 Å². The van der Waals surface area contributed by atoms with Gasteiger partial charge in [0.15, 0.2) is 0 Å². The van der Waals surface area contributed by atoms with Gasteiger partial charge in [-0.15, -0.1) is 0 Å². The van der Waals surface area contributed by atoms with E-state index in [1.807, 2.05) is 0 Å². The van der Waals surface area contributed by atoms with Crippen LogP contribution in [0.4, 0.5) is 0 Å². The van der Waals surface area contributed by atoms with Crippen LogP contribution in [0.15, 0.2) is 9.59 Å². The molecule has 0 aliphatic rings. The Bertz CT molecular complexity index is 478. The lowest BCUT2D eigenvalue weighted by Gasteiger charge is -2.01. The summed E-state index contributed by atoms with van der Waals surface area (Å²) < 4.78 is 2.31. The maximum atomic E-state index is 11.2. The molecule has 0 unspecified atom stereocenters. The second-order valence-electron chi connectivity index (χ2n) is 2.63. The van der Waals surface area contributed by atoms with Crippen molar-refractivity contribution in [2.75, 3.05) is 0 Å². The Balaban J connectivity index is 4.15. The molecule has 4 nitrogen and oxygen atoms in total. The van der Waals surface area contributed by atoms with E-state index in [9.17, 15) is 9.59 Å². The predicted molar refractivity (Wildman–Crippen MR) is 47.2 cm³/mol. The molecule has 0 amide bonds. The minimum Gasteiger partial charge on any atom is -0.297 e. The molecule has 0 fully saturated rings. The number of rotatable bonds is 0. The number of aromatic nitrogens is 2. The van der Waals surface area contributed by atoms with Crippen molar-refractivity contribution in [3.8, 4) is 0 Å². The fourth-order valence-electron chi connectivity index (χ4n) is 0.956. The summed E-state index contributed by atoms with van der Waals surface area (Å²) in [4.78, 5) is 22.4. The van der Waals surface area contributed by atoms with Crippen molar-refractivity contribution in [3.63, 3.8) is 0 Å². The number of nitrogens with zero attached hydrogens (tertiary/aromatic N) is 2. The van der Waals surface area contributed by atoms with Gasteiger partial charge in [0.05, 0.1) is 10.6 Å². The normalized spacial score (nSPS) is 10.2. The first kappa shape index (κ1) is 8.52. The Labute approximate surface area is 68.7 Å². The standard InChI is InChI=1S/C8H10N2O2/c1-5-6(2)9(3)8(12)10(4)7(5)11/h1-2H2,3-4H3. The van der Waals surface area contributed by atoms with Crippen molar-refractivity contribution in [2.45, 2.75) is 0 Å². The summed E-state index contributed by atoms with van der Waals surface area (Å²) in [5.41, 5.74) is -0.763. The van der Waals surface area contributed by atoms with Gasteiger partial charge in [-0.3, -0.25) is 13.9 Å². The van der Waals surface area contributed by atoms with Crippen LogP contribution in [-0.2, 0) is 14.1 Å². The van der Waals surface area contributed by atoms with Gasteiger partial charge in [-0.2, -0.15) is 0 Å². The zero-order chi connectivity index (χ0) is 9.46. The average molecular weight is 166 g/mol. The second kappa shape index (κ2) is 2.48. The molecule has 4 heteroatoms. The third kappa shape index (κ3) is 0.922. The summed E-state index contributed by atoms with van der Waals surface area (Å²) in [6, 6.07) is 0. The molecule has 0 saturated heterocycles. The molecule has 0 aromatic carbocycles. The molecular weight excluding hydrogens is 156 g/mol. The Kier molecular flexibility index (Phi) is 1.76. The highest BCUT2D eigenvalue weighted by Crippen LogP contribution is 1.51. The summed E-state index contributed by atoms with van der Waals surface area (Å²) in [5.74, 6) is 0. The van der Waals surface area contributed by atoms with Crippen LogP contribution in [0.25, 0.3) is 13.2 Å². The molecule has 1 aromatic rings. The van der Waals surface area contributed by atoms with Crippen molar-refractivity contribution in [1.29, 1.82) is 0 Å². The van der Waals surface area contributed by atoms with Gasteiger partial charge in [0.2, 0.25) is 0 Å². The lowest BCUT2D eigenvalue weighted by atomic mass is 10.4. The van der Waals surface area contributed by atoms with Crippen molar-refractivity contribution in [1.82, 2.24) is 9.13 Å². The van der Waals surface area contributed by atoms with E-state index < -0.39 is 0 Å². The third-order valence-electron chi connectivity index (χ3n) is 1.89. The smallest absolute Gasteiger partial charge is 0.297 e. The van der Waals surface area contributed by atoms with Crippen molar-refractivity contribution < 1.29 is 0 Å². The fourth-order valence-corrected chi connectivity index (χ4v) is 0.956. The van der Waals surface area contributed by atoms with E-state index in [2.05, 4.69) is 13.2 Å². The van der Waals surface area contributed by atoms with E-state index in [1.54, 1.807) is 7.05 Å². The first-order valence-electron chi connectivity index (χ1n) is 3.40. The maximum Gasteiger partial charge on any atom is 0.330 e. The zero-order valence-electron chi connectivity index (χ0n) is 7.13. The van der Waals surface area contributed by atoms with Gasteiger partial charge in [0.1, 0.15) is 0 Å². The van der Waals surface area contributed by atoms with E-state index in [0.29, 0.717) is 5.35 Å². The van der Waals surface area contributed by atoms with Crippen LogP contribution < -0.4 is 21.8 Å². The van der Waals surface area contributed by atoms with Crippen LogP contribution in [0.1, 0.15) is 0 Å². The predicted octanol–water partition coefficient (Wildman–Crippen LogP) is -2.10. The molecule has 0 aliphatic carbocycles. The van der Waals surface area contributed by atoms with E-state index in [4.69, 9.17) is 0 Å². The molecule has 12 heavy (non-hydrogen) atoms. The Morgan fingerprint density at radius 3 is 2.08 bits per heavy atom. The minimum absolute atomic E-state index is 0.264. The molecule has 1 aromatic heterocycles. The zero-order valence-corrected chi connectivity index (χ0v) is 7.13. The lowest BCUT2D eigenvalue weighted by Crippen LogP contribution is -2.55. The highest BCUT2D eigenvalue weighted by atomic mass is 16.2. The molecule has 0 radical (unpaired) electrons. The molecule has 0 bridgehead atoms. The van der Waals surface area contributed by atoms with Gasteiger partial charge in [-0.05, 0) is 0 Å². The monoisotopic (exact) mass is 166 g/mol. The van der Waals surface area contributed by atoms with Gasteiger partial charge in [-0.1, -0.05) is 13.2 Å². The molecular formula is C8H10N2O2. The van der Waals surface area contributed by atoms with Gasteiger partial charge >= 0.3 is 5.69 Å². The van der Waals surface area contributed by atoms with E-state index in [1.165, 1.54) is 11.6 Å². The highest BCUT2D eigenvalue weighted by molar-refractivity contribution is 5.07. The van der Waals surface area contributed by atoms with Crippen LogP contribution in [0, 0.1) is 0 Å². The van der Waals surface area contributed by atoms with Crippen LogP contribution in [-0.4, -0.2) is 9.13 Å². The molecule has 0 atom stereocenters. The van der Waals surface area contributed by atoms with Gasteiger partial charge < -0.3 is 0 Å². The highest BCUT2D eigenvalue weighted by Gasteiger charge is 1.99. The number of hydrogen-bond donors (Lipinski definition) is 0. The molecule has 0 N–H and O–H groups in total. The van der Waals surface area contributed by atoms with Gasteiger partial charge in [-0.25, -0.2) is 4.79 Å². The van der Waals surface area contributed by atoms with E-state index in [0.717, 1.165) is 4.57 Å². The van der Waals surface area contributed by atoms with Crippen molar-refractivity contribution in [2.24, 2.45) is 14.1 Å². The molecule has 0 spiro atoms. The summed E-state index contributed by atoms with van der Waals surface area (Å²) in [7, 11) is 2.97. The summed E-state index contributed by atoms with van der Waals surface area (Å²) >= 11 is 0. The fraction of sp³-hybridized carbons (Fsp3) is 0.250. The molecule has 0 saturated carbocycles. The van der Waals surface area contributed by atoms with Crippen LogP contribution in [0.2, 0.25) is 0 Å². The van der Waals surface area contributed by atoms with Gasteiger partial charge in [0, 0.05) is 14.1 Å². The van der Waals surface area contributed by atoms with Crippen molar-refractivity contribution in [3.05, 3.63) is 31.4 Å². The minimum atomic E-state index is -0.386. The first-order chi connectivity index (χ1) is 5.46. The maximum absolute atomic E-state index is 11.2. The van der Waals surface area contributed by atoms with Crippen LogP contribution >= 0.6 is 0 Å². The quantitative estimate of drug-likeness (QED) is 0.443. The van der Waals surface area contributed by atoms with E-state index in [-0.39, 0.29) is 16.5 Å². The molecule has 1 heterocycles. The molecule has 1 rings (SSSR count).